The average molecular weight is 235 g/mol. The molecule has 0 aliphatic heterocycles. The Morgan fingerprint density at radius 3 is 2.65 bits per heavy atom. The molecule has 0 aliphatic rings. The van der Waals surface area contributed by atoms with E-state index in [2.05, 4.69) is 19.9 Å². The van der Waals surface area contributed by atoms with Gasteiger partial charge in [-0.1, -0.05) is 0 Å². The van der Waals surface area contributed by atoms with Gasteiger partial charge in [0.2, 0.25) is 5.95 Å². The lowest BCUT2D eigenvalue weighted by atomic mass is 10.3. The Hall–Kier alpha value is -2.64. The first-order chi connectivity index (χ1) is 7.97. The van der Waals surface area contributed by atoms with Crippen molar-refractivity contribution in [2.45, 2.75) is 6.92 Å². The highest BCUT2D eigenvalue weighted by Crippen LogP contribution is 2.02. The molecule has 2 heterocycles. The van der Waals surface area contributed by atoms with Crippen LogP contribution in [-0.2, 0) is 0 Å². The summed E-state index contributed by atoms with van der Waals surface area (Å²) in [5.41, 5.74) is 4.08. The topological polar surface area (TPSA) is 138 Å². The summed E-state index contributed by atoms with van der Waals surface area (Å²) in [7, 11) is 0. The van der Waals surface area contributed by atoms with E-state index < -0.39 is 11.1 Å². The Balaban J connectivity index is 2.86. The molecule has 0 bridgehead atoms. The summed E-state index contributed by atoms with van der Waals surface area (Å²) >= 11 is 0. The molecule has 2 aromatic heterocycles. The van der Waals surface area contributed by atoms with Crippen molar-refractivity contribution in [2.75, 3.05) is 5.73 Å². The summed E-state index contributed by atoms with van der Waals surface area (Å²) in [6.07, 6.45) is 1.15. The zero-order valence-corrected chi connectivity index (χ0v) is 8.81. The van der Waals surface area contributed by atoms with Crippen molar-refractivity contribution in [3.8, 4) is 0 Å². The highest BCUT2D eigenvalue weighted by molar-refractivity contribution is 5.70. The zero-order valence-electron chi connectivity index (χ0n) is 8.81. The molecule has 0 atom stereocenters. The fourth-order valence-corrected chi connectivity index (χ4v) is 1.31. The Morgan fingerprint density at radius 2 is 2.00 bits per heavy atom. The number of nitrogens with one attached hydrogen (secondary N) is 2. The molecule has 17 heavy (non-hydrogen) atoms. The summed E-state index contributed by atoms with van der Waals surface area (Å²) in [5, 5.41) is 9.06. The Bertz CT molecular complexity index is 723. The number of aliphatic hydroxyl groups is 1. The maximum absolute atomic E-state index is 11.5. The van der Waals surface area contributed by atoms with E-state index in [0.717, 1.165) is 6.08 Å². The van der Waals surface area contributed by atoms with E-state index in [4.69, 9.17) is 10.8 Å². The van der Waals surface area contributed by atoms with Gasteiger partial charge >= 0.3 is 0 Å². The summed E-state index contributed by atoms with van der Waals surface area (Å²) in [6, 6.07) is 0. The van der Waals surface area contributed by atoms with Gasteiger partial charge in [-0.3, -0.25) is 14.6 Å². The molecule has 0 fully saturated rings. The number of aliphatic hydroxyl groups excluding tert-OH is 1. The number of fused-ring (bicyclic) bond motifs is 1. The molecular weight excluding hydrogens is 226 g/mol. The number of hydrogen-bond acceptors (Lipinski definition) is 6. The van der Waals surface area contributed by atoms with Gasteiger partial charge in [0.15, 0.2) is 11.2 Å². The molecule has 0 radical (unpaired) electrons. The largest absolute Gasteiger partial charge is 0.513 e. The molecular formula is C9H9N5O3. The van der Waals surface area contributed by atoms with Gasteiger partial charge < -0.3 is 15.8 Å². The van der Waals surface area contributed by atoms with Crippen LogP contribution < -0.4 is 16.9 Å². The van der Waals surface area contributed by atoms with Crippen LogP contribution in [0.15, 0.2) is 15.3 Å². The van der Waals surface area contributed by atoms with Crippen molar-refractivity contribution in [2.24, 2.45) is 0 Å². The lowest BCUT2D eigenvalue weighted by molar-refractivity contribution is 0.419. The van der Waals surface area contributed by atoms with Crippen molar-refractivity contribution >= 4 is 23.2 Å². The highest BCUT2D eigenvalue weighted by Gasteiger charge is 2.08. The molecule has 8 heteroatoms. The summed E-state index contributed by atoms with van der Waals surface area (Å²) in [4.78, 5) is 35.2. The van der Waals surface area contributed by atoms with Crippen molar-refractivity contribution in [3.63, 3.8) is 0 Å². The smallest absolute Gasteiger partial charge is 0.280 e. The van der Waals surface area contributed by atoms with E-state index in [0.29, 0.717) is 0 Å². The van der Waals surface area contributed by atoms with Crippen LogP contribution in [0, 0.1) is 0 Å². The third kappa shape index (κ3) is 2.00. The number of allylic oxidation sites excluding steroid dienone is 1. The lowest BCUT2D eigenvalue weighted by Crippen LogP contribution is -2.20. The van der Waals surface area contributed by atoms with E-state index in [1.807, 2.05) is 0 Å². The number of aromatic nitrogens is 4. The first kappa shape index (κ1) is 10.9. The van der Waals surface area contributed by atoms with Gasteiger partial charge in [0.1, 0.15) is 5.69 Å². The van der Waals surface area contributed by atoms with E-state index in [1.165, 1.54) is 6.92 Å². The van der Waals surface area contributed by atoms with Crippen molar-refractivity contribution in [1.29, 1.82) is 0 Å². The van der Waals surface area contributed by atoms with Crippen LogP contribution in [0.25, 0.3) is 17.2 Å². The molecule has 88 valence electrons. The number of H-pyrrole nitrogens is 2. The molecule has 0 saturated carbocycles. The number of anilines is 1. The van der Waals surface area contributed by atoms with Gasteiger partial charge in [-0.25, -0.2) is 4.98 Å². The SMILES string of the molecule is C/C(O)=C/c1nc2c(=O)[nH]c(N)nc2[nH]c1=O. The number of nitrogens with two attached hydrogens (primary N) is 1. The average Bonchev–Trinajstić information content (AvgIpc) is 2.19. The molecule has 0 aliphatic carbocycles. The van der Waals surface area contributed by atoms with Crippen LogP contribution in [-0.4, -0.2) is 25.0 Å². The van der Waals surface area contributed by atoms with E-state index >= 15 is 0 Å². The predicted molar refractivity (Wildman–Crippen MR) is 61.5 cm³/mol. The minimum absolute atomic E-state index is 0.00370. The summed E-state index contributed by atoms with van der Waals surface area (Å²) in [5.74, 6) is -0.205. The van der Waals surface area contributed by atoms with E-state index in [9.17, 15) is 9.59 Å². The molecule has 2 aromatic rings. The summed E-state index contributed by atoms with van der Waals surface area (Å²) < 4.78 is 0. The third-order valence-corrected chi connectivity index (χ3v) is 1.96. The van der Waals surface area contributed by atoms with Crippen LogP contribution in [0.3, 0.4) is 0 Å². The van der Waals surface area contributed by atoms with Crippen LogP contribution in [0.5, 0.6) is 0 Å². The molecule has 0 spiro atoms. The first-order valence-corrected chi connectivity index (χ1v) is 4.64. The van der Waals surface area contributed by atoms with Crippen LogP contribution in [0.1, 0.15) is 12.6 Å². The second-order valence-corrected chi connectivity index (χ2v) is 3.39. The highest BCUT2D eigenvalue weighted by atomic mass is 16.3. The lowest BCUT2D eigenvalue weighted by Gasteiger charge is -1.99. The van der Waals surface area contributed by atoms with Crippen molar-refractivity contribution < 1.29 is 5.11 Å². The molecule has 5 N–H and O–H groups in total. The van der Waals surface area contributed by atoms with Crippen LogP contribution in [0.2, 0.25) is 0 Å². The molecule has 0 amide bonds. The van der Waals surface area contributed by atoms with Gasteiger partial charge in [-0.15, -0.1) is 0 Å². The first-order valence-electron chi connectivity index (χ1n) is 4.64. The number of aromatic amines is 2. The molecule has 8 nitrogen and oxygen atoms in total. The van der Waals surface area contributed by atoms with Gasteiger partial charge in [0.05, 0.1) is 5.76 Å². The van der Waals surface area contributed by atoms with Gasteiger partial charge in [-0.05, 0) is 6.92 Å². The molecule has 2 rings (SSSR count). The zero-order chi connectivity index (χ0) is 12.6. The van der Waals surface area contributed by atoms with E-state index in [1.54, 1.807) is 0 Å². The summed E-state index contributed by atoms with van der Waals surface area (Å²) in [6.45, 7) is 1.39. The maximum Gasteiger partial charge on any atom is 0.280 e. The van der Waals surface area contributed by atoms with Gasteiger partial charge in [0, 0.05) is 6.08 Å². The standard InChI is InChI=1S/C9H9N5O3/c1-3(15)2-4-7(16)12-6-5(11-4)8(17)14-9(10)13-6/h2,15H,1H3,(H4,10,12,13,14,16,17)/b3-2-. The molecule has 0 aromatic carbocycles. The Labute approximate surface area is 93.9 Å². The minimum atomic E-state index is -0.566. The monoisotopic (exact) mass is 235 g/mol. The fourth-order valence-electron chi connectivity index (χ4n) is 1.31. The number of rotatable bonds is 1. The van der Waals surface area contributed by atoms with Gasteiger partial charge in [-0.2, -0.15) is 4.98 Å². The fraction of sp³-hybridized carbons (Fsp3) is 0.111. The van der Waals surface area contributed by atoms with Crippen molar-refractivity contribution in [3.05, 3.63) is 32.2 Å². The van der Waals surface area contributed by atoms with Crippen LogP contribution >= 0.6 is 0 Å². The number of nitrogen functional groups attached to an aromatic ring is 1. The maximum atomic E-state index is 11.5. The van der Waals surface area contributed by atoms with Crippen molar-refractivity contribution in [1.82, 2.24) is 19.9 Å². The van der Waals surface area contributed by atoms with Crippen LogP contribution in [0.4, 0.5) is 5.95 Å². The quantitative estimate of drug-likeness (QED) is 0.492. The normalized spacial score (nSPS) is 11.9. The minimum Gasteiger partial charge on any atom is -0.513 e. The molecule has 0 saturated heterocycles. The number of hydrogen-bond donors (Lipinski definition) is 4. The Kier molecular flexibility index (Phi) is 2.39. The van der Waals surface area contributed by atoms with E-state index in [-0.39, 0.29) is 28.6 Å². The van der Waals surface area contributed by atoms with Gasteiger partial charge in [0.25, 0.3) is 11.1 Å². The molecule has 0 unspecified atom stereocenters. The second kappa shape index (κ2) is 3.74. The second-order valence-electron chi connectivity index (χ2n) is 3.39. The third-order valence-electron chi connectivity index (χ3n) is 1.96. The number of nitrogens with zero attached hydrogens (tertiary/aromatic N) is 2. The predicted octanol–water partition coefficient (Wildman–Crippen LogP) is -0.493. The Morgan fingerprint density at radius 1 is 1.29 bits per heavy atom.